The molecule has 0 saturated heterocycles. The maximum Gasteiger partial charge on any atom is 0.420 e. The number of pyridine rings is 1. The van der Waals surface area contributed by atoms with Gasteiger partial charge in [0, 0.05) is 16.7 Å². The van der Waals surface area contributed by atoms with Crippen molar-refractivity contribution in [3.8, 4) is 0 Å². The van der Waals surface area contributed by atoms with Crippen LogP contribution in [0.5, 0.6) is 0 Å². The van der Waals surface area contributed by atoms with Crippen molar-refractivity contribution in [3.63, 3.8) is 0 Å². The van der Waals surface area contributed by atoms with Crippen molar-refractivity contribution >= 4 is 46.1 Å². The third-order valence-corrected chi connectivity index (χ3v) is 2.78. The van der Waals surface area contributed by atoms with Gasteiger partial charge >= 0.3 is 6.09 Å². The van der Waals surface area contributed by atoms with Crippen LogP contribution >= 0.6 is 22.6 Å². The predicted octanol–water partition coefficient (Wildman–Crippen LogP) is 1.97. The molecule has 7 heteroatoms. The summed E-state index contributed by atoms with van der Waals surface area (Å²) in [5.41, 5.74) is 0.591. The Labute approximate surface area is 110 Å². The fraction of sp³-hybridized carbons (Fsp3) is 0.100. The number of halogens is 1. The lowest BCUT2D eigenvalue weighted by atomic mass is 10.5. The summed E-state index contributed by atoms with van der Waals surface area (Å²) in [6.07, 6.45) is 1.97. The lowest BCUT2D eigenvalue weighted by molar-refractivity contribution is -0.116. The van der Waals surface area contributed by atoms with E-state index in [2.05, 4.69) is 27.6 Å². The zero-order chi connectivity index (χ0) is 12.6. The molecule has 0 aliphatic carbocycles. The van der Waals surface area contributed by atoms with Crippen molar-refractivity contribution in [1.29, 1.82) is 0 Å². The number of carbonyl (C=O) groups excluding carboxylic acids is 1. The summed E-state index contributed by atoms with van der Waals surface area (Å²) in [6, 6.07) is 3.61. The second-order valence-corrected chi connectivity index (χ2v) is 4.59. The van der Waals surface area contributed by atoms with Crippen LogP contribution in [0.15, 0.2) is 24.5 Å². The molecule has 88 valence electrons. The van der Waals surface area contributed by atoms with Crippen LogP contribution in [-0.4, -0.2) is 26.5 Å². The number of carbonyl (C=O) groups is 2. The lowest BCUT2D eigenvalue weighted by Gasteiger charge is -2.10. The van der Waals surface area contributed by atoms with Gasteiger partial charge in [0.1, 0.15) is 5.65 Å². The Kier molecular flexibility index (Phi) is 3.01. The Morgan fingerprint density at radius 1 is 1.41 bits per heavy atom. The van der Waals surface area contributed by atoms with Crippen molar-refractivity contribution in [3.05, 3.63) is 28.1 Å². The first-order valence-electron chi connectivity index (χ1n) is 4.67. The number of imide groups is 1. The van der Waals surface area contributed by atoms with Crippen molar-refractivity contribution in [2.75, 3.05) is 4.90 Å². The summed E-state index contributed by atoms with van der Waals surface area (Å²) in [6.45, 7) is 1.18. The molecule has 2 rings (SSSR count). The van der Waals surface area contributed by atoms with Crippen molar-refractivity contribution < 1.29 is 14.7 Å². The van der Waals surface area contributed by atoms with Crippen LogP contribution in [0, 0.1) is 3.57 Å². The fourth-order valence-electron chi connectivity index (χ4n) is 1.45. The largest absolute Gasteiger partial charge is 0.464 e. The predicted molar refractivity (Wildman–Crippen MR) is 69.1 cm³/mol. The molecule has 2 heterocycles. The SMILES string of the molecule is CC(=O)N(C(=O)O)c1cn2cc(I)ccc2n1. The van der Waals surface area contributed by atoms with Crippen molar-refractivity contribution in [1.82, 2.24) is 9.38 Å². The van der Waals surface area contributed by atoms with E-state index in [1.807, 2.05) is 6.07 Å². The molecule has 2 amide bonds. The molecule has 0 aliphatic rings. The van der Waals surface area contributed by atoms with Crippen molar-refractivity contribution in [2.45, 2.75) is 6.92 Å². The average Bonchev–Trinajstić information content (AvgIpc) is 2.58. The molecule has 1 N–H and O–H groups in total. The number of imidazole rings is 1. The number of amides is 2. The monoisotopic (exact) mass is 345 g/mol. The number of anilines is 1. The lowest BCUT2D eigenvalue weighted by Crippen LogP contribution is -2.33. The molecule has 0 aromatic carbocycles. The summed E-state index contributed by atoms with van der Waals surface area (Å²) in [7, 11) is 0. The standard InChI is InChI=1S/C10H8IN3O3/c1-6(15)14(10(16)17)9-5-13-4-7(11)2-3-8(13)12-9/h2-5H,1H3,(H,16,17). The molecule has 2 aromatic rings. The zero-order valence-corrected chi connectivity index (χ0v) is 11.0. The number of hydrogen-bond acceptors (Lipinski definition) is 3. The molecule has 0 unspecified atom stereocenters. The molecule has 0 spiro atoms. The van der Waals surface area contributed by atoms with Gasteiger partial charge in [0.2, 0.25) is 5.91 Å². The van der Waals surface area contributed by atoms with Gasteiger partial charge in [-0.05, 0) is 34.7 Å². The molecule has 0 aliphatic heterocycles. The number of fused-ring (bicyclic) bond motifs is 1. The maximum atomic E-state index is 11.2. The Morgan fingerprint density at radius 2 is 2.12 bits per heavy atom. The third-order valence-electron chi connectivity index (χ3n) is 2.14. The number of hydrogen-bond donors (Lipinski definition) is 1. The molecule has 17 heavy (non-hydrogen) atoms. The molecular weight excluding hydrogens is 337 g/mol. The minimum atomic E-state index is -1.34. The minimum Gasteiger partial charge on any atom is -0.464 e. The smallest absolute Gasteiger partial charge is 0.420 e. The first-order chi connectivity index (χ1) is 7.99. The maximum absolute atomic E-state index is 11.2. The highest BCUT2D eigenvalue weighted by molar-refractivity contribution is 14.1. The van der Waals surface area contributed by atoms with E-state index in [1.54, 1.807) is 16.7 Å². The van der Waals surface area contributed by atoms with Crippen molar-refractivity contribution in [2.24, 2.45) is 0 Å². The molecule has 0 radical (unpaired) electrons. The first kappa shape index (κ1) is 11.8. The summed E-state index contributed by atoms with van der Waals surface area (Å²) < 4.78 is 2.67. The van der Waals surface area contributed by atoms with Gasteiger partial charge in [-0.25, -0.2) is 9.78 Å². The highest BCUT2D eigenvalue weighted by Crippen LogP contribution is 2.16. The number of carboxylic acid groups (broad SMARTS) is 1. The quantitative estimate of drug-likeness (QED) is 0.802. The molecule has 0 fully saturated rings. The van der Waals surface area contributed by atoms with E-state index >= 15 is 0 Å². The van der Waals surface area contributed by atoms with Crippen LogP contribution in [0.2, 0.25) is 0 Å². The highest BCUT2D eigenvalue weighted by atomic mass is 127. The van der Waals surface area contributed by atoms with Gasteiger partial charge in [-0.15, -0.1) is 0 Å². The van der Waals surface area contributed by atoms with E-state index < -0.39 is 12.0 Å². The molecule has 6 nitrogen and oxygen atoms in total. The summed E-state index contributed by atoms with van der Waals surface area (Å²) in [4.78, 5) is 26.9. The molecular formula is C10H8IN3O3. The van der Waals surface area contributed by atoms with Gasteiger partial charge in [-0.2, -0.15) is 4.90 Å². The number of aromatic nitrogens is 2. The van der Waals surface area contributed by atoms with Gasteiger partial charge < -0.3 is 9.51 Å². The van der Waals surface area contributed by atoms with E-state index in [1.165, 1.54) is 13.1 Å². The topological polar surface area (TPSA) is 74.9 Å². The first-order valence-corrected chi connectivity index (χ1v) is 5.75. The third kappa shape index (κ3) is 2.23. The molecule has 0 saturated carbocycles. The summed E-state index contributed by atoms with van der Waals surface area (Å²) >= 11 is 2.14. The Hall–Kier alpha value is -1.64. The minimum absolute atomic E-state index is 0.104. The van der Waals surface area contributed by atoms with Gasteiger partial charge in [0.15, 0.2) is 5.82 Å². The zero-order valence-electron chi connectivity index (χ0n) is 8.79. The normalized spacial score (nSPS) is 10.5. The number of rotatable bonds is 1. The van der Waals surface area contributed by atoms with E-state index in [9.17, 15) is 9.59 Å². The van der Waals surface area contributed by atoms with Gasteiger partial charge in [0.05, 0.1) is 6.20 Å². The summed E-state index contributed by atoms with van der Waals surface area (Å²) in [5, 5.41) is 8.93. The van der Waals surface area contributed by atoms with E-state index in [-0.39, 0.29) is 5.82 Å². The molecule has 0 atom stereocenters. The van der Waals surface area contributed by atoms with E-state index in [0.29, 0.717) is 10.5 Å². The van der Waals surface area contributed by atoms with Crippen LogP contribution < -0.4 is 4.90 Å². The summed E-state index contributed by atoms with van der Waals surface area (Å²) in [5.74, 6) is -0.484. The molecule has 2 aromatic heterocycles. The Balaban J connectivity index is 2.55. The van der Waals surface area contributed by atoms with E-state index in [4.69, 9.17) is 5.11 Å². The van der Waals surface area contributed by atoms with Crippen LogP contribution in [0.3, 0.4) is 0 Å². The van der Waals surface area contributed by atoms with Crippen LogP contribution in [0.1, 0.15) is 6.92 Å². The fourth-order valence-corrected chi connectivity index (χ4v) is 1.93. The van der Waals surface area contributed by atoms with E-state index in [0.717, 1.165) is 3.57 Å². The van der Waals surface area contributed by atoms with Gasteiger partial charge in [-0.1, -0.05) is 0 Å². The average molecular weight is 345 g/mol. The van der Waals surface area contributed by atoms with Crippen LogP contribution in [0.25, 0.3) is 5.65 Å². The second-order valence-electron chi connectivity index (χ2n) is 3.35. The van der Waals surface area contributed by atoms with Gasteiger partial charge in [0.25, 0.3) is 0 Å². The van der Waals surface area contributed by atoms with Crippen LogP contribution in [-0.2, 0) is 4.79 Å². The Morgan fingerprint density at radius 3 is 2.71 bits per heavy atom. The Bertz CT molecular complexity index is 594. The molecule has 0 bridgehead atoms. The second kappa shape index (κ2) is 4.32. The highest BCUT2D eigenvalue weighted by Gasteiger charge is 2.21. The van der Waals surface area contributed by atoms with Crippen LogP contribution in [0.4, 0.5) is 10.6 Å². The number of nitrogens with zero attached hydrogens (tertiary/aromatic N) is 3. The van der Waals surface area contributed by atoms with Gasteiger partial charge in [-0.3, -0.25) is 4.79 Å².